The van der Waals surface area contributed by atoms with Crippen LogP contribution in [0.3, 0.4) is 0 Å². The van der Waals surface area contributed by atoms with E-state index >= 15 is 0 Å². The van der Waals surface area contributed by atoms with Crippen LogP contribution in [0.4, 0.5) is 4.39 Å². The first-order chi connectivity index (χ1) is 9.51. The van der Waals surface area contributed by atoms with Crippen LogP contribution in [0.25, 0.3) is 0 Å². The van der Waals surface area contributed by atoms with Gasteiger partial charge in [0.15, 0.2) is 0 Å². The van der Waals surface area contributed by atoms with Crippen LogP contribution in [0.1, 0.15) is 51.6 Å². The molecule has 0 aliphatic heterocycles. The Morgan fingerprint density at radius 1 is 1.30 bits per heavy atom. The highest BCUT2D eigenvalue weighted by atomic mass is 35.5. The summed E-state index contributed by atoms with van der Waals surface area (Å²) in [4.78, 5) is 2.27. The van der Waals surface area contributed by atoms with Gasteiger partial charge in [0, 0.05) is 23.2 Å². The first-order valence-corrected chi connectivity index (χ1v) is 7.79. The molecular weight excluding hydrogens is 275 g/mol. The van der Waals surface area contributed by atoms with E-state index in [0.29, 0.717) is 23.2 Å². The molecule has 0 spiro atoms. The van der Waals surface area contributed by atoms with E-state index in [1.54, 1.807) is 12.1 Å². The normalized spacial score (nSPS) is 13.2. The number of unbranched alkanes of at least 4 members (excludes halogenated alkanes) is 2. The highest BCUT2D eigenvalue weighted by Gasteiger charge is 2.24. The zero-order valence-electron chi connectivity index (χ0n) is 12.7. The Labute approximate surface area is 127 Å². The van der Waals surface area contributed by atoms with E-state index in [1.807, 2.05) is 0 Å². The summed E-state index contributed by atoms with van der Waals surface area (Å²) in [7, 11) is 0. The largest absolute Gasteiger partial charge is 0.329 e. The number of nitrogens with two attached hydrogens (primary N) is 1. The molecule has 0 bridgehead atoms. The minimum Gasteiger partial charge on any atom is -0.329 e. The van der Waals surface area contributed by atoms with Gasteiger partial charge in [0.05, 0.1) is 6.04 Å². The van der Waals surface area contributed by atoms with Gasteiger partial charge in [0.1, 0.15) is 5.82 Å². The summed E-state index contributed by atoms with van der Waals surface area (Å²) in [5.74, 6) is -0.231. The Balaban J connectivity index is 2.97. The van der Waals surface area contributed by atoms with Crippen molar-refractivity contribution in [1.82, 2.24) is 4.90 Å². The maximum Gasteiger partial charge on any atom is 0.128 e. The van der Waals surface area contributed by atoms with Crippen LogP contribution in [-0.2, 0) is 0 Å². The fourth-order valence-electron chi connectivity index (χ4n) is 2.53. The number of halogens is 2. The Bertz CT molecular complexity index is 409. The molecule has 0 saturated carbocycles. The molecule has 0 amide bonds. The van der Waals surface area contributed by atoms with E-state index in [2.05, 4.69) is 25.7 Å². The van der Waals surface area contributed by atoms with Crippen LogP contribution in [0.2, 0.25) is 5.02 Å². The summed E-state index contributed by atoms with van der Waals surface area (Å²) in [5.41, 5.74) is 6.52. The van der Waals surface area contributed by atoms with Crippen LogP contribution in [-0.4, -0.2) is 24.0 Å². The number of benzene rings is 1. The number of hydrogen-bond donors (Lipinski definition) is 1. The van der Waals surface area contributed by atoms with Crippen molar-refractivity contribution >= 4 is 11.6 Å². The van der Waals surface area contributed by atoms with Gasteiger partial charge < -0.3 is 5.73 Å². The second-order valence-corrected chi connectivity index (χ2v) is 5.89. The van der Waals surface area contributed by atoms with E-state index in [0.717, 1.165) is 13.0 Å². The zero-order valence-corrected chi connectivity index (χ0v) is 13.5. The van der Waals surface area contributed by atoms with Gasteiger partial charge >= 0.3 is 0 Å². The number of rotatable bonds is 8. The van der Waals surface area contributed by atoms with Gasteiger partial charge in [-0.3, -0.25) is 4.90 Å². The molecule has 4 heteroatoms. The predicted molar refractivity (Wildman–Crippen MR) is 84.6 cm³/mol. The zero-order chi connectivity index (χ0) is 15.1. The Hall–Kier alpha value is -0.640. The molecule has 1 aromatic carbocycles. The summed E-state index contributed by atoms with van der Waals surface area (Å²) in [6.45, 7) is 7.74. The molecule has 114 valence electrons. The SMILES string of the molecule is CCCCCN(C(C)C)C(CN)c1cc(Cl)ccc1F. The van der Waals surface area contributed by atoms with Gasteiger partial charge in [0.25, 0.3) is 0 Å². The average Bonchev–Trinajstić information content (AvgIpc) is 2.41. The molecule has 0 fully saturated rings. The van der Waals surface area contributed by atoms with Gasteiger partial charge in [-0.1, -0.05) is 31.4 Å². The third kappa shape index (κ3) is 4.72. The fraction of sp³-hybridized carbons (Fsp3) is 0.625. The van der Waals surface area contributed by atoms with E-state index in [1.165, 1.54) is 18.9 Å². The van der Waals surface area contributed by atoms with Crippen molar-refractivity contribution in [2.45, 2.75) is 52.1 Å². The molecular formula is C16H26ClFN2. The molecule has 0 aliphatic rings. The molecule has 2 N–H and O–H groups in total. The Kier molecular flexibility index (Phi) is 7.49. The van der Waals surface area contributed by atoms with Gasteiger partial charge in [0.2, 0.25) is 0 Å². The van der Waals surface area contributed by atoms with Gasteiger partial charge in [-0.15, -0.1) is 0 Å². The monoisotopic (exact) mass is 300 g/mol. The highest BCUT2D eigenvalue weighted by molar-refractivity contribution is 6.30. The van der Waals surface area contributed by atoms with Crippen molar-refractivity contribution in [3.8, 4) is 0 Å². The van der Waals surface area contributed by atoms with Gasteiger partial charge in [-0.05, 0) is 45.0 Å². The van der Waals surface area contributed by atoms with E-state index < -0.39 is 0 Å². The summed E-state index contributed by atoms with van der Waals surface area (Å²) < 4.78 is 14.1. The molecule has 2 nitrogen and oxygen atoms in total. The first-order valence-electron chi connectivity index (χ1n) is 7.42. The van der Waals surface area contributed by atoms with Gasteiger partial charge in [-0.2, -0.15) is 0 Å². The molecule has 1 rings (SSSR count). The van der Waals surface area contributed by atoms with Crippen LogP contribution in [0.15, 0.2) is 18.2 Å². The smallest absolute Gasteiger partial charge is 0.128 e. The summed E-state index contributed by atoms with van der Waals surface area (Å²) in [6, 6.07) is 4.89. The van der Waals surface area contributed by atoms with Gasteiger partial charge in [-0.25, -0.2) is 4.39 Å². The predicted octanol–water partition coefficient (Wildman–Crippen LogP) is 4.38. The lowest BCUT2D eigenvalue weighted by molar-refractivity contribution is 0.151. The lowest BCUT2D eigenvalue weighted by Gasteiger charge is -2.35. The standard InChI is InChI=1S/C16H26ClFN2/c1-4-5-6-9-20(12(2)3)16(11-19)14-10-13(17)7-8-15(14)18/h7-8,10,12,16H,4-6,9,11,19H2,1-3H3. The van der Waals surface area contributed by atoms with Crippen molar-refractivity contribution in [1.29, 1.82) is 0 Å². The van der Waals surface area contributed by atoms with Crippen molar-refractivity contribution < 1.29 is 4.39 Å². The maximum absolute atomic E-state index is 14.1. The summed E-state index contributed by atoms with van der Waals surface area (Å²) in [5, 5.41) is 0.553. The second kappa shape index (κ2) is 8.60. The van der Waals surface area contributed by atoms with E-state index in [4.69, 9.17) is 17.3 Å². The molecule has 20 heavy (non-hydrogen) atoms. The minimum atomic E-state index is -0.231. The molecule has 1 aromatic rings. The van der Waals surface area contributed by atoms with Crippen molar-refractivity contribution in [2.24, 2.45) is 5.73 Å². The molecule has 0 radical (unpaired) electrons. The molecule has 0 heterocycles. The molecule has 1 atom stereocenters. The minimum absolute atomic E-state index is 0.120. The highest BCUT2D eigenvalue weighted by Crippen LogP contribution is 2.27. The first kappa shape index (κ1) is 17.4. The van der Waals surface area contributed by atoms with Crippen molar-refractivity contribution in [3.63, 3.8) is 0 Å². The average molecular weight is 301 g/mol. The van der Waals surface area contributed by atoms with Crippen LogP contribution in [0, 0.1) is 5.82 Å². The number of nitrogens with zero attached hydrogens (tertiary/aromatic N) is 1. The van der Waals surface area contributed by atoms with E-state index in [9.17, 15) is 4.39 Å². The third-order valence-corrected chi connectivity index (χ3v) is 3.86. The molecule has 0 aromatic heterocycles. The maximum atomic E-state index is 14.1. The molecule has 1 unspecified atom stereocenters. The lowest BCUT2D eigenvalue weighted by atomic mass is 10.0. The Morgan fingerprint density at radius 2 is 2.00 bits per heavy atom. The summed E-state index contributed by atoms with van der Waals surface area (Å²) >= 11 is 6.00. The van der Waals surface area contributed by atoms with Crippen LogP contribution >= 0.6 is 11.6 Å². The third-order valence-electron chi connectivity index (χ3n) is 3.62. The fourth-order valence-corrected chi connectivity index (χ4v) is 2.71. The second-order valence-electron chi connectivity index (χ2n) is 5.46. The van der Waals surface area contributed by atoms with Crippen LogP contribution < -0.4 is 5.73 Å². The van der Waals surface area contributed by atoms with Crippen LogP contribution in [0.5, 0.6) is 0 Å². The molecule has 0 saturated heterocycles. The lowest BCUT2D eigenvalue weighted by Crippen LogP contribution is -2.39. The van der Waals surface area contributed by atoms with E-state index in [-0.39, 0.29) is 11.9 Å². The number of hydrogen-bond acceptors (Lipinski definition) is 2. The topological polar surface area (TPSA) is 29.3 Å². The quantitative estimate of drug-likeness (QED) is 0.722. The van der Waals surface area contributed by atoms with Crippen molar-refractivity contribution in [3.05, 3.63) is 34.6 Å². The Morgan fingerprint density at radius 3 is 2.55 bits per heavy atom. The summed E-state index contributed by atoms with van der Waals surface area (Å²) in [6.07, 6.45) is 3.46. The molecule has 0 aliphatic carbocycles. The van der Waals surface area contributed by atoms with Crippen molar-refractivity contribution in [2.75, 3.05) is 13.1 Å².